The van der Waals surface area contributed by atoms with Crippen LogP contribution in [0.4, 0.5) is 5.69 Å². The molecule has 0 spiro atoms. The lowest BCUT2D eigenvalue weighted by atomic mass is 9.92. The molecular formula is C17H21N5O3. The van der Waals surface area contributed by atoms with Gasteiger partial charge in [0.25, 0.3) is 5.91 Å². The molecule has 0 radical (unpaired) electrons. The number of carbonyl (C=O) groups excluding carboxylic acids is 1. The summed E-state index contributed by atoms with van der Waals surface area (Å²) in [4.78, 5) is 20.5. The third-order valence-corrected chi connectivity index (χ3v) is 3.51. The van der Waals surface area contributed by atoms with Gasteiger partial charge in [-0.3, -0.25) is 9.79 Å². The van der Waals surface area contributed by atoms with Crippen molar-refractivity contribution in [2.24, 2.45) is 21.5 Å². The van der Waals surface area contributed by atoms with Crippen molar-refractivity contribution >= 4 is 23.6 Å². The highest BCUT2D eigenvalue weighted by Crippen LogP contribution is 2.30. The third-order valence-electron chi connectivity index (χ3n) is 3.51. The molecule has 8 nitrogen and oxygen atoms in total. The fourth-order valence-corrected chi connectivity index (χ4v) is 2.33. The quantitative estimate of drug-likeness (QED) is 0.361. The van der Waals surface area contributed by atoms with E-state index < -0.39 is 11.4 Å². The lowest BCUT2D eigenvalue weighted by Crippen LogP contribution is -2.37. The van der Waals surface area contributed by atoms with Crippen molar-refractivity contribution < 1.29 is 14.6 Å². The van der Waals surface area contributed by atoms with Gasteiger partial charge in [0.05, 0.1) is 12.8 Å². The molecular weight excluding hydrogens is 322 g/mol. The molecule has 2 rings (SSSR count). The first-order valence-electron chi connectivity index (χ1n) is 7.52. The van der Waals surface area contributed by atoms with Crippen LogP contribution >= 0.6 is 0 Å². The average molecular weight is 343 g/mol. The van der Waals surface area contributed by atoms with Gasteiger partial charge in [0.1, 0.15) is 29.4 Å². The second-order valence-electron chi connectivity index (χ2n) is 5.71. The molecule has 6 N–H and O–H groups in total. The van der Waals surface area contributed by atoms with Gasteiger partial charge in [-0.1, -0.05) is 18.7 Å². The Labute approximate surface area is 145 Å². The lowest BCUT2D eigenvalue weighted by molar-refractivity contribution is -0.112. The van der Waals surface area contributed by atoms with E-state index in [1.807, 2.05) is 13.0 Å². The van der Waals surface area contributed by atoms with Gasteiger partial charge in [0.15, 0.2) is 0 Å². The second kappa shape index (κ2) is 7.63. The van der Waals surface area contributed by atoms with Crippen molar-refractivity contribution in [2.75, 3.05) is 18.5 Å². The first-order valence-corrected chi connectivity index (χ1v) is 7.52. The minimum absolute atomic E-state index is 0.0601. The molecule has 1 heterocycles. The number of rotatable bonds is 5. The Bertz CT molecular complexity index is 769. The molecule has 0 aliphatic carbocycles. The number of nitrogens with zero attached hydrogens (tertiary/aromatic N) is 2. The fourth-order valence-electron chi connectivity index (χ4n) is 2.33. The molecule has 0 bridgehead atoms. The van der Waals surface area contributed by atoms with Gasteiger partial charge in [0.2, 0.25) is 0 Å². The number of aliphatic hydroxyl groups excluding tert-OH is 1. The average Bonchev–Trinajstić information content (AvgIpc) is 2.55. The van der Waals surface area contributed by atoms with Crippen molar-refractivity contribution in [1.82, 2.24) is 0 Å². The minimum Gasteiger partial charge on any atom is -0.507 e. The lowest BCUT2D eigenvalue weighted by Gasteiger charge is -2.30. The number of hydrogen-bond donors (Lipinski definition) is 4. The van der Waals surface area contributed by atoms with Crippen LogP contribution in [-0.2, 0) is 15.1 Å². The first-order chi connectivity index (χ1) is 11.8. The summed E-state index contributed by atoms with van der Waals surface area (Å²) in [6.45, 7) is 5.86. The van der Waals surface area contributed by atoms with Crippen LogP contribution in [0, 0.1) is 0 Å². The Balaban J connectivity index is 2.20. The van der Waals surface area contributed by atoms with E-state index in [2.05, 4.69) is 21.9 Å². The second-order valence-corrected chi connectivity index (χ2v) is 5.71. The van der Waals surface area contributed by atoms with Crippen LogP contribution in [0.15, 0.2) is 58.5 Å². The predicted octanol–water partition coefficient (Wildman–Crippen LogP) is 1.17. The maximum Gasteiger partial charge on any atom is 0.275 e. The van der Waals surface area contributed by atoms with Crippen LogP contribution in [0.25, 0.3) is 0 Å². The zero-order valence-corrected chi connectivity index (χ0v) is 13.9. The largest absolute Gasteiger partial charge is 0.507 e. The number of amidine groups is 1. The number of hydrogen-bond acceptors (Lipinski definition) is 7. The zero-order valence-electron chi connectivity index (χ0n) is 13.9. The standard InChI is InChI=1S/C17H21N5O3/c1-11(23)8-20-14(7-18)16(24)21-13-5-3-4-12(6-13)17(2)10-25-9-15(19)22-17/h3-8,23H,1,9-10,18H2,2H3,(H2,19,22)(H,21,24)/b14-7-,20-8?. The molecule has 1 unspecified atom stereocenters. The molecule has 1 atom stereocenters. The van der Waals surface area contributed by atoms with E-state index in [0.717, 1.165) is 18.0 Å². The molecule has 1 aromatic rings. The van der Waals surface area contributed by atoms with Crippen molar-refractivity contribution in [3.63, 3.8) is 0 Å². The summed E-state index contributed by atoms with van der Waals surface area (Å²) in [5, 5.41) is 11.7. The number of amides is 1. The van der Waals surface area contributed by atoms with E-state index in [0.29, 0.717) is 24.7 Å². The van der Waals surface area contributed by atoms with Crippen LogP contribution in [0.5, 0.6) is 0 Å². The summed E-state index contributed by atoms with van der Waals surface area (Å²) in [6, 6.07) is 7.19. The molecule has 0 saturated carbocycles. The maximum absolute atomic E-state index is 12.2. The molecule has 132 valence electrons. The van der Waals surface area contributed by atoms with E-state index >= 15 is 0 Å². The zero-order chi connectivity index (χ0) is 18.4. The number of carbonyl (C=O) groups is 1. The van der Waals surface area contributed by atoms with Gasteiger partial charge < -0.3 is 26.6 Å². The number of benzene rings is 1. The van der Waals surface area contributed by atoms with Crippen LogP contribution in [0.1, 0.15) is 12.5 Å². The molecule has 1 aliphatic heterocycles. The monoisotopic (exact) mass is 343 g/mol. The smallest absolute Gasteiger partial charge is 0.275 e. The summed E-state index contributed by atoms with van der Waals surface area (Å²) < 4.78 is 5.46. The van der Waals surface area contributed by atoms with Gasteiger partial charge in [-0.2, -0.15) is 0 Å². The van der Waals surface area contributed by atoms with Crippen LogP contribution in [0.2, 0.25) is 0 Å². The maximum atomic E-state index is 12.2. The van der Waals surface area contributed by atoms with Gasteiger partial charge >= 0.3 is 0 Å². The summed E-state index contributed by atoms with van der Waals surface area (Å²) in [6.07, 6.45) is 2.08. The Morgan fingerprint density at radius 1 is 1.56 bits per heavy atom. The number of anilines is 1. The highest BCUT2D eigenvalue weighted by molar-refractivity contribution is 6.04. The number of ether oxygens (including phenoxy) is 1. The number of nitrogens with one attached hydrogen (secondary N) is 1. The third kappa shape index (κ3) is 4.67. The molecule has 1 aromatic carbocycles. The topological polar surface area (TPSA) is 135 Å². The SMILES string of the molecule is C=C(O)C=N/C(=C\N)C(=O)Nc1cccc(C2(C)COCC(N)=N2)c1. The number of allylic oxidation sites excluding steroid dienone is 1. The molecule has 1 aliphatic rings. The Kier molecular flexibility index (Phi) is 5.56. The molecule has 25 heavy (non-hydrogen) atoms. The van der Waals surface area contributed by atoms with Crippen LogP contribution in [-0.4, -0.2) is 36.3 Å². The van der Waals surface area contributed by atoms with Crippen LogP contribution in [0.3, 0.4) is 0 Å². The fraction of sp³-hybridized carbons (Fsp3) is 0.235. The van der Waals surface area contributed by atoms with Crippen molar-refractivity contribution in [3.05, 3.63) is 54.1 Å². The number of aliphatic hydroxyl groups is 1. The molecule has 0 fully saturated rings. The number of nitrogens with two attached hydrogens (primary N) is 2. The first kappa shape index (κ1) is 18.2. The summed E-state index contributed by atoms with van der Waals surface area (Å²) >= 11 is 0. The van der Waals surface area contributed by atoms with E-state index in [1.165, 1.54) is 0 Å². The molecule has 1 amide bonds. The van der Waals surface area contributed by atoms with Gasteiger partial charge in [-0.05, 0) is 24.6 Å². The number of aliphatic imine (C=N–C) groups is 2. The normalized spacial score (nSPS) is 21.0. The molecule has 0 saturated heterocycles. The van der Waals surface area contributed by atoms with E-state index in [1.54, 1.807) is 18.2 Å². The van der Waals surface area contributed by atoms with Gasteiger partial charge in [0, 0.05) is 11.9 Å². The van der Waals surface area contributed by atoms with Crippen molar-refractivity contribution in [3.8, 4) is 0 Å². The van der Waals surface area contributed by atoms with Gasteiger partial charge in [-0.15, -0.1) is 0 Å². The van der Waals surface area contributed by atoms with E-state index in [-0.39, 0.29) is 11.5 Å². The Hall–Kier alpha value is -3.13. The Morgan fingerprint density at radius 3 is 2.96 bits per heavy atom. The highest BCUT2D eigenvalue weighted by Gasteiger charge is 2.30. The van der Waals surface area contributed by atoms with E-state index in [4.69, 9.17) is 21.3 Å². The molecule has 8 heteroatoms. The predicted molar refractivity (Wildman–Crippen MR) is 97.4 cm³/mol. The minimum atomic E-state index is -0.623. The Morgan fingerprint density at radius 2 is 2.32 bits per heavy atom. The summed E-state index contributed by atoms with van der Waals surface area (Å²) in [5.74, 6) is -0.379. The van der Waals surface area contributed by atoms with E-state index in [9.17, 15) is 4.79 Å². The van der Waals surface area contributed by atoms with Crippen molar-refractivity contribution in [1.29, 1.82) is 0 Å². The highest BCUT2D eigenvalue weighted by atomic mass is 16.5. The molecule has 0 aromatic heterocycles. The summed E-state index contributed by atoms with van der Waals surface area (Å²) in [7, 11) is 0. The van der Waals surface area contributed by atoms with Crippen LogP contribution < -0.4 is 16.8 Å². The summed E-state index contributed by atoms with van der Waals surface area (Å²) in [5.41, 5.74) is 11.9. The van der Waals surface area contributed by atoms with Crippen molar-refractivity contribution in [2.45, 2.75) is 12.5 Å². The van der Waals surface area contributed by atoms with Gasteiger partial charge in [-0.25, -0.2) is 4.99 Å².